The summed E-state index contributed by atoms with van der Waals surface area (Å²) in [5.74, 6) is 0. The summed E-state index contributed by atoms with van der Waals surface area (Å²) in [4.78, 5) is 0.392. The lowest BCUT2D eigenvalue weighted by atomic mass is 10.3. The zero-order chi connectivity index (χ0) is 10.7. The van der Waals surface area contributed by atoms with Crippen molar-refractivity contribution in [2.24, 2.45) is 0 Å². The van der Waals surface area contributed by atoms with Gasteiger partial charge >= 0.3 is 0 Å². The third kappa shape index (κ3) is 1.90. The van der Waals surface area contributed by atoms with E-state index in [0.29, 0.717) is 0 Å². The molecule has 0 amide bonds. The molecule has 0 unspecified atom stereocenters. The molecule has 0 aliphatic heterocycles. The van der Waals surface area contributed by atoms with Crippen LogP contribution in [0.1, 0.15) is 6.42 Å². The van der Waals surface area contributed by atoms with E-state index >= 15 is 0 Å². The van der Waals surface area contributed by atoms with Crippen molar-refractivity contribution in [3.05, 3.63) is 64.1 Å². The van der Waals surface area contributed by atoms with Gasteiger partial charge in [-0.3, -0.25) is 0 Å². The monoisotopic (exact) mass is 217 g/mol. The van der Waals surface area contributed by atoms with Gasteiger partial charge in [-0.2, -0.15) is 0 Å². The fraction of sp³-hybridized carbons (Fsp3) is 0.0833. The Kier molecular flexibility index (Phi) is 2.53. The van der Waals surface area contributed by atoms with Crippen molar-refractivity contribution in [3.63, 3.8) is 0 Å². The molecule has 0 aromatic carbocycles. The highest BCUT2D eigenvalue weighted by Gasteiger charge is 2.26. The summed E-state index contributed by atoms with van der Waals surface area (Å²) in [6, 6.07) is 0. The third-order valence-corrected chi connectivity index (χ3v) is 3.69. The van der Waals surface area contributed by atoms with E-state index in [4.69, 9.17) is 0 Å². The first-order valence-electron chi connectivity index (χ1n) is 4.55. The third-order valence-electron chi connectivity index (χ3n) is 2.03. The van der Waals surface area contributed by atoms with Crippen LogP contribution < -0.4 is 0 Å². The average Bonchev–Trinajstić information content (AvgIpc) is 2.31. The SMILES string of the molecule is O=S(=O)(C1=C=CCC=C1)C1=CC=CC=[C+]1. The summed E-state index contributed by atoms with van der Waals surface area (Å²) in [6.45, 7) is 0. The molecule has 0 N–H and O–H groups in total. The molecular weight excluding hydrogens is 208 g/mol. The molecule has 2 nitrogen and oxygen atoms in total. The molecular formula is C12H9O2S+. The largest absolute Gasteiger partial charge is 0.247 e. The van der Waals surface area contributed by atoms with Crippen molar-refractivity contribution in [2.75, 3.05) is 0 Å². The molecule has 0 bridgehead atoms. The highest BCUT2D eigenvalue weighted by molar-refractivity contribution is 7.99. The van der Waals surface area contributed by atoms with Gasteiger partial charge in [-0.1, -0.05) is 6.08 Å². The maximum Gasteiger partial charge on any atom is 0.247 e. The minimum atomic E-state index is -3.43. The molecule has 0 atom stereocenters. The molecule has 0 heterocycles. The standard InChI is InChI=1S/C12H9O2S/c13-15(14,11-7-3-1-4-8-11)12-9-5-2-6-10-12/h1,3-7,9H,2H2/q+1. The quantitative estimate of drug-likeness (QED) is 0.525. The lowest BCUT2D eigenvalue weighted by Gasteiger charge is -2.01. The first kappa shape index (κ1) is 9.88. The van der Waals surface area contributed by atoms with Gasteiger partial charge < -0.3 is 0 Å². The Balaban J connectivity index is 2.49. The predicted octanol–water partition coefficient (Wildman–Crippen LogP) is 2.21. The lowest BCUT2D eigenvalue weighted by Crippen LogP contribution is -2.05. The lowest BCUT2D eigenvalue weighted by molar-refractivity contribution is 0.609. The predicted molar refractivity (Wildman–Crippen MR) is 59.3 cm³/mol. The first-order valence-corrected chi connectivity index (χ1v) is 6.03. The van der Waals surface area contributed by atoms with Gasteiger partial charge in [-0.15, -0.1) is 5.73 Å². The summed E-state index contributed by atoms with van der Waals surface area (Å²) < 4.78 is 24.0. The molecule has 0 saturated heterocycles. The van der Waals surface area contributed by atoms with Crippen LogP contribution in [-0.2, 0) is 9.84 Å². The number of rotatable bonds is 2. The van der Waals surface area contributed by atoms with Crippen LogP contribution in [-0.4, -0.2) is 8.42 Å². The Bertz CT molecular complexity index is 548. The van der Waals surface area contributed by atoms with Crippen molar-refractivity contribution in [3.8, 4) is 0 Å². The van der Waals surface area contributed by atoms with E-state index in [0.717, 1.165) is 6.42 Å². The van der Waals surface area contributed by atoms with E-state index < -0.39 is 9.84 Å². The topological polar surface area (TPSA) is 34.1 Å². The fourth-order valence-electron chi connectivity index (χ4n) is 1.28. The normalized spacial score (nSPS) is 18.4. The smallest absolute Gasteiger partial charge is 0.215 e. The maximum absolute atomic E-state index is 12.0. The second kappa shape index (κ2) is 3.84. The van der Waals surface area contributed by atoms with Crippen LogP contribution in [0.15, 0.2) is 58.1 Å². The highest BCUT2D eigenvalue weighted by atomic mass is 32.2. The zero-order valence-electron chi connectivity index (χ0n) is 7.97. The molecule has 0 spiro atoms. The van der Waals surface area contributed by atoms with Gasteiger partial charge in [0, 0.05) is 6.08 Å². The van der Waals surface area contributed by atoms with Crippen molar-refractivity contribution < 1.29 is 8.42 Å². The van der Waals surface area contributed by atoms with Crippen LogP contribution >= 0.6 is 0 Å². The van der Waals surface area contributed by atoms with Gasteiger partial charge in [-0.25, -0.2) is 8.42 Å². The van der Waals surface area contributed by atoms with Crippen LogP contribution in [0, 0.1) is 6.08 Å². The van der Waals surface area contributed by atoms with Gasteiger partial charge in [0.15, 0.2) is 0 Å². The highest BCUT2D eigenvalue weighted by Crippen LogP contribution is 2.21. The number of hydrogen-bond acceptors (Lipinski definition) is 2. The van der Waals surface area contributed by atoms with Gasteiger partial charge in [-0.05, 0) is 18.6 Å². The van der Waals surface area contributed by atoms with E-state index in [-0.39, 0.29) is 9.81 Å². The van der Waals surface area contributed by atoms with Crippen molar-refractivity contribution in [2.45, 2.75) is 6.42 Å². The molecule has 0 aromatic rings. The van der Waals surface area contributed by atoms with Crippen LogP contribution in [0.5, 0.6) is 0 Å². The van der Waals surface area contributed by atoms with E-state index in [9.17, 15) is 8.42 Å². The number of allylic oxidation sites excluding steroid dienone is 7. The molecule has 3 heteroatoms. The summed E-state index contributed by atoms with van der Waals surface area (Å²) in [5, 5.41) is 0. The van der Waals surface area contributed by atoms with Gasteiger partial charge in [0.2, 0.25) is 14.7 Å². The Hall–Kier alpha value is -1.66. The second-order valence-corrected chi connectivity index (χ2v) is 4.97. The first-order chi connectivity index (χ1) is 7.21. The van der Waals surface area contributed by atoms with Crippen molar-refractivity contribution >= 4 is 9.84 Å². The number of sulfone groups is 1. The van der Waals surface area contributed by atoms with Crippen LogP contribution in [0.2, 0.25) is 0 Å². The second-order valence-electron chi connectivity index (χ2n) is 3.08. The summed E-state index contributed by atoms with van der Waals surface area (Å²) in [7, 11) is -3.43. The number of hydrogen-bond donors (Lipinski definition) is 0. The summed E-state index contributed by atoms with van der Waals surface area (Å²) in [5.41, 5.74) is 2.75. The van der Waals surface area contributed by atoms with E-state index in [2.05, 4.69) is 11.8 Å². The van der Waals surface area contributed by atoms with Gasteiger partial charge in [0.05, 0.1) is 18.2 Å². The van der Waals surface area contributed by atoms with E-state index in [1.54, 1.807) is 36.5 Å². The Morgan fingerprint density at radius 3 is 2.80 bits per heavy atom. The zero-order valence-corrected chi connectivity index (χ0v) is 8.79. The minimum Gasteiger partial charge on any atom is -0.215 e. The molecule has 0 saturated carbocycles. The van der Waals surface area contributed by atoms with Crippen LogP contribution in [0.4, 0.5) is 0 Å². The van der Waals surface area contributed by atoms with Crippen molar-refractivity contribution in [1.82, 2.24) is 0 Å². The van der Waals surface area contributed by atoms with Gasteiger partial charge in [0.25, 0.3) is 0 Å². The fourth-order valence-corrected chi connectivity index (χ4v) is 2.51. The Morgan fingerprint density at radius 2 is 2.20 bits per heavy atom. The maximum atomic E-state index is 12.0. The Labute approximate surface area is 89.2 Å². The molecule has 0 radical (unpaired) electrons. The molecule has 2 rings (SSSR count). The van der Waals surface area contributed by atoms with Crippen molar-refractivity contribution in [1.29, 1.82) is 0 Å². The molecule has 0 aromatic heterocycles. The van der Waals surface area contributed by atoms with Gasteiger partial charge in [0.1, 0.15) is 11.0 Å². The van der Waals surface area contributed by atoms with Crippen LogP contribution in [0.3, 0.4) is 0 Å². The van der Waals surface area contributed by atoms with Crippen LogP contribution in [0.25, 0.3) is 0 Å². The summed E-state index contributed by atoms with van der Waals surface area (Å²) >= 11 is 0. The molecule has 2 aliphatic rings. The van der Waals surface area contributed by atoms with E-state index in [1.165, 1.54) is 6.08 Å². The molecule has 15 heavy (non-hydrogen) atoms. The minimum absolute atomic E-state index is 0.187. The Morgan fingerprint density at radius 1 is 1.33 bits per heavy atom. The summed E-state index contributed by atoms with van der Waals surface area (Å²) in [6.07, 6.45) is 15.1. The average molecular weight is 217 g/mol. The molecule has 74 valence electrons. The van der Waals surface area contributed by atoms with E-state index in [1.807, 2.05) is 0 Å². The molecule has 0 fully saturated rings. The molecule has 2 aliphatic carbocycles.